The van der Waals surface area contributed by atoms with Crippen LogP contribution >= 0.6 is 0 Å². The van der Waals surface area contributed by atoms with Gasteiger partial charge in [-0.15, -0.1) is 0 Å². The summed E-state index contributed by atoms with van der Waals surface area (Å²) in [6.45, 7) is 11.6. The first kappa shape index (κ1) is 26.1. The maximum atomic E-state index is 14.2. The summed E-state index contributed by atoms with van der Waals surface area (Å²) in [6.07, 6.45) is 15.1. The highest BCUT2D eigenvalue weighted by Crippen LogP contribution is 2.65. The number of fused-ring (bicyclic) bond motifs is 5. The lowest BCUT2D eigenvalue weighted by Crippen LogP contribution is -2.59. The molecule has 4 heteroatoms. The minimum atomic E-state index is -0.213. The molecule has 4 aliphatic carbocycles. The zero-order valence-corrected chi connectivity index (χ0v) is 24.2. The third-order valence-electron chi connectivity index (χ3n) is 12.1. The van der Waals surface area contributed by atoms with Gasteiger partial charge in [0.05, 0.1) is 5.54 Å². The van der Waals surface area contributed by atoms with Crippen LogP contribution in [0.25, 0.3) is 0 Å². The van der Waals surface area contributed by atoms with Crippen LogP contribution in [0.4, 0.5) is 0 Å². The van der Waals surface area contributed by atoms with Gasteiger partial charge in [-0.05, 0) is 97.2 Å². The highest BCUT2D eigenvalue weighted by molar-refractivity contribution is 5.89. The Morgan fingerprint density at radius 2 is 1.63 bits per heavy atom. The van der Waals surface area contributed by atoms with Gasteiger partial charge in [-0.1, -0.05) is 77.8 Å². The van der Waals surface area contributed by atoms with Crippen LogP contribution in [-0.2, 0) is 20.5 Å². The van der Waals surface area contributed by atoms with Crippen molar-refractivity contribution in [3.8, 4) is 0 Å². The van der Waals surface area contributed by atoms with Gasteiger partial charge in [-0.2, -0.15) is 0 Å². The monoisotopic (exact) mass is 516 g/mol. The molecule has 4 saturated carbocycles. The Balaban J connectivity index is 1.22. The van der Waals surface area contributed by atoms with Crippen LogP contribution in [0.2, 0.25) is 0 Å². The molecule has 0 spiro atoms. The summed E-state index contributed by atoms with van der Waals surface area (Å²) in [5.74, 6) is 2.33. The molecule has 2 unspecified atom stereocenters. The predicted octanol–water partition coefficient (Wildman–Crippen LogP) is 6.78. The molecular weight excluding hydrogens is 468 g/mol. The summed E-state index contributed by atoms with van der Waals surface area (Å²) in [7, 11) is 0. The van der Waals surface area contributed by atoms with Gasteiger partial charge in [0.2, 0.25) is 11.8 Å². The van der Waals surface area contributed by atoms with E-state index in [1.165, 1.54) is 36.8 Å². The molecule has 6 rings (SSSR count). The highest BCUT2D eigenvalue weighted by Gasteiger charge is 2.61. The summed E-state index contributed by atoms with van der Waals surface area (Å²) < 4.78 is 0. The van der Waals surface area contributed by atoms with E-state index in [0.717, 1.165) is 38.5 Å². The number of benzene rings is 1. The van der Waals surface area contributed by atoms with E-state index in [9.17, 15) is 9.59 Å². The van der Waals surface area contributed by atoms with Crippen molar-refractivity contribution in [2.75, 3.05) is 0 Å². The lowest BCUT2D eigenvalue weighted by atomic mass is 9.48. The van der Waals surface area contributed by atoms with Gasteiger partial charge in [-0.3, -0.25) is 9.59 Å². The van der Waals surface area contributed by atoms with Gasteiger partial charge in [0, 0.05) is 17.4 Å². The largest absolute Gasteiger partial charge is 0.349 e. The molecule has 4 fully saturated rings. The van der Waals surface area contributed by atoms with Crippen LogP contribution in [0.5, 0.6) is 0 Å². The fourth-order valence-corrected chi connectivity index (χ4v) is 9.84. The van der Waals surface area contributed by atoms with Crippen molar-refractivity contribution in [1.82, 2.24) is 10.6 Å². The molecule has 5 aliphatic rings. The topological polar surface area (TPSA) is 58.2 Å². The van der Waals surface area contributed by atoms with E-state index in [-0.39, 0.29) is 39.7 Å². The SMILES string of the molecule is CC(C)(C)c1ccc(C2(NC(=O)C3CC[C@H]4[C@@H]5CCC6NC(=O)C=C[C@]6(C)[C@@H]5CC[C@]34C)CCCC2)cc1. The molecule has 38 heavy (non-hydrogen) atoms. The summed E-state index contributed by atoms with van der Waals surface area (Å²) in [5.41, 5.74) is 2.68. The maximum Gasteiger partial charge on any atom is 0.243 e. The Morgan fingerprint density at radius 3 is 2.32 bits per heavy atom. The number of hydrogen-bond donors (Lipinski definition) is 2. The molecule has 2 N–H and O–H groups in total. The second-order valence-corrected chi connectivity index (χ2v) is 15.0. The molecule has 4 nitrogen and oxygen atoms in total. The Kier molecular flexibility index (Phi) is 6.16. The average Bonchev–Trinajstić information content (AvgIpc) is 3.49. The molecule has 7 atom stereocenters. The van der Waals surface area contributed by atoms with Crippen LogP contribution in [-0.4, -0.2) is 17.9 Å². The Hall–Kier alpha value is -2.10. The lowest BCUT2D eigenvalue weighted by Gasteiger charge is -2.58. The fraction of sp³-hybridized carbons (Fsp3) is 0.706. The average molecular weight is 517 g/mol. The summed E-state index contributed by atoms with van der Waals surface area (Å²) in [5, 5.41) is 6.97. The van der Waals surface area contributed by atoms with Crippen LogP contribution in [0.15, 0.2) is 36.4 Å². The van der Waals surface area contributed by atoms with E-state index in [1.54, 1.807) is 6.08 Å². The molecule has 0 bridgehead atoms. The lowest BCUT2D eigenvalue weighted by molar-refractivity contribution is -0.136. The first-order valence-corrected chi connectivity index (χ1v) is 15.4. The molecule has 1 heterocycles. The Morgan fingerprint density at radius 1 is 0.921 bits per heavy atom. The quantitative estimate of drug-likeness (QED) is 0.465. The minimum absolute atomic E-state index is 0.0472. The standard InChI is InChI=1S/C34H48N2O2/c1-31(2,3)22-8-10-23(11-9-22)34(18-6-7-19-34)36-30(38)27-14-13-25-24-12-15-28-33(5,21-17-29(37)35-28)26(24)16-20-32(25,27)4/h8-11,17,21,24-28H,6-7,12-16,18-20H2,1-5H3,(H,35,37)(H,36,38)/t24-,25-,26+,27?,28?,32-,33+/m0/s1. The van der Waals surface area contributed by atoms with Gasteiger partial charge >= 0.3 is 0 Å². The van der Waals surface area contributed by atoms with E-state index in [0.29, 0.717) is 23.7 Å². The molecular formula is C34H48N2O2. The van der Waals surface area contributed by atoms with Gasteiger partial charge in [0.15, 0.2) is 0 Å². The van der Waals surface area contributed by atoms with Crippen molar-refractivity contribution in [1.29, 1.82) is 0 Å². The van der Waals surface area contributed by atoms with Gasteiger partial charge in [-0.25, -0.2) is 0 Å². The van der Waals surface area contributed by atoms with Crippen molar-refractivity contribution < 1.29 is 9.59 Å². The van der Waals surface area contributed by atoms with Gasteiger partial charge in [0.1, 0.15) is 0 Å². The number of nitrogens with one attached hydrogen (secondary N) is 2. The number of carbonyl (C=O) groups is 2. The van der Waals surface area contributed by atoms with Crippen molar-refractivity contribution in [2.45, 2.75) is 116 Å². The zero-order valence-electron chi connectivity index (χ0n) is 24.2. The van der Waals surface area contributed by atoms with Crippen molar-refractivity contribution in [2.24, 2.45) is 34.5 Å². The van der Waals surface area contributed by atoms with Crippen LogP contribution in [0.3, 0.4) is 0 Å². The molecule has 0 aromatic heterocycles. The molecule has 0 radical (unpaired) electrons. The van der Waals surface area contributed by atoms with Crippen LogP contribution < -0.4 is 10.6 Å². The highest BCUT2D eigenvalue weighted by atomic mass is 16.2. The van der Waals surface area contributed by atoms with E-state index in [4.69, 9.17) is 0 Å². The van der Waals surface area contributed by atoms with Crippen molar-refractivity contribution in [3.63, 3.8) is 0 Å². The maximum absolute atomic E-state index is 14.2. The molecule has 2 amide bonds. The number of hydrogen-bond acceptors (Lipinski definition) is 2. The molecule has 1 aromatic carbocycles. The van der Waals surface area contributed by atoms with Gasteiger partial charge < -0.3 is 10.6 Å². The second-order valence-electron chi connectivity index (χ2n) is 15.0. The number of amides is 2. The van der Waals surface area contributed by atoms with Crippen LogP contribution in [0.1, 0.15) is 110 Å². The first-order valence-electron chi connectivity index (χ1n) is 15.4. The summed E-state index contributed by atoms with van der Waals surface area (Å²) >= 11 is 0. The van der Waals surface area contributed by atoms with Crippen molar-refractivity contribution in [3.05, 3.63) is 47.5 Å². The van der Waals surface area contributed by atoms with E-state index < -0.39 is 0 Å². The Labute approximate surface area is 229 Å². The zero-order chi connectivity index (χ0) is 26.9. The first-order chi connectivity index (χ1) is 18.0. The van der Waals surface area contributed by atoms with Crippen LogP contribution in [0, 0.1) is 34.5 Å². The minimum Gasteiger partial charge on any atom is -0.349 e. The molecule has 1 aromatic rings. The fourth-order valence-electron chi connectivity index (χ4n) is 9.84. The molecule has 1 aliphatic heterocycles. The molecule has 0 saturated heterocycles. The third-order valence-corrected chi connectivity index (χ3v) is 12.1. The summed E-state index contributed by atoms with van der Waals surface area (Å²) in [4.78, 5) is 26.2. The number of carbonyl (C=O) groups excluding carboxylic acids is 2. The third kappa shape index (κ3) is 3.99. The smallest absolute Gasteiger partial charge is 0.243 e. The van der Waals surface area contributed by atoms with Crippen molar-refractivity contribution >= 4 is 11.8 Å². The predicted molar refractivity (Wildman–Crippen MR) is 152 cm³/mol. The van der Waals surface area contributed by atoms with E-state index in [1.807, 2.05) is 0 Å². The van der Waals surface area contributed by atoms with Gasteiger partial charge in [0.25, 0.3) is 0 Å². The Bertz CT molecular complexity index is 1120. The second kappa shape index (κ2) is 8.96. The normalized spacial score (nSPS) is 39.6. The van der Waals surface area contributed by atoms with E-state index in [2.05, 4.69) is 75.6 Å². The van der Waals surface area contributed by atoms with E-state index >= 15 is 0 Å². The molecule has 206 valence electrons. The summed E-state index contributed by atoms with van der Waals surface area (Å²) in [6, 6.07) is 9.38. The number of rotatable bonds is 3.